The van der Waals surface area contributed by atoms with Crippen molar-refractivity contribution in [3.05, 3.63) is 64.7 Å². The van der Waals surface area contributed by atoms with E-state index in [1.807, 2.05) is 29.2 Å². The van der Waals surface area contributed by atoms with Crippen LogP contribution < -0.4 is 4.74 Å². The number of carbonyl (C=O) groups excluding carboxylic acids is 1. The van der Waals surface area contributed by atoms with E-state index in [1.54, 1.807) is 0 Å². The Bertz CT molecular complexity index is 723. The van der Waals surface area contributed by atoms with Gasteiger partial charge < -0.3 is 9.64 Å². The molecule has 4 nitrogen and oxygen atoms in total. The Kier molecular flexibility index (Phi) is 7.13. The fourth-order valence-electron chi connectivity index (χ4n) is 3.28. The molecule has 0 spiro atoms. The van der Waals surface area contributed by atoms with Crippen molar-refractivity contribution in [1.82, 2.24) is 9.80 Å². The summed E-state index contributed by atoms with van der Waals surface area (Å²) in [5.74, 6) is 0.809. The Balaban J connectivity index is 1.40. The van der Waals surface area contributed by atoms with Gasteiger partial charge in [0.15, 0.2) is 6.61 Å². The molecule has 144 valence electrons. The van der Waals surface area contributed by atoms with Crippen molar-refractivity contribution in [2.45, 2.75) is 26.3 Å². The first-order valence-electron chi connectivity index (χ1n) is 9.60. The predicted molar refractivity (Wildman–Crippen MR) is 109 cm³/mol. The number of piperazine rings is 1. The molecule has 1 amide bonds. The first-order chi connectivity index (χ1) is 13.1. The Morgan fingerprint density at radius 2 is 1.59 bits per heavy atom. The number of carbonyl (C=O) groups is 1. The van der Waals surface area contributed by atoms with E-state index in [9.17, 15) is 4.79 Å². The minimum Gasteiger partial charge on any atom is -0.484 e. The van der Waals surface area contributed by atoms with Gasteiger partial charge in [0.1, 0.15) is 5.75 Å². The Labute approximate surface area is 166 Å². The zero-order valence-electron chi connectivity index (χ0n) is 15.9. The summed E-state index contributed by atoms with van der Waals surface area (Å²) >= 11 is 5.93. The summed E-state index contributed by atoms with van der Waals surface area (Å²) in [6.45, 7) is 6.39. The third-order valence-electron chi connectivity index (χ3n) is 4.87. The second kappa shape index (κ2) is 9.77. The van der Waals surface area contributed by atoms with E-state index in [1.165, 1.54) is 11.1 Å². The highest BCUT2D eigenvalue weighted by atomic mass is 35.5. The van der Waals surface area contributed by atoms with Gasteiger partial charge in [-0.05, 0) is 41.8 Å². The van der Waals surface area contributed by atoms with Crippen LogP contribution in [0.3, 0.4) is 0 Å². The average Bonchev–Trinajstić information content (AvgIpc) is 2.70. The summed E-state index contributed by atoms with van der Waals surface area (Å²) in [5.41, 5.74) is 2.54. The SMILES string of the molecule is CCCc1ccc(OCC(=O)N2CCN(Cc3ccc(Cl)cc3)CC2)cc1. The van der Waals surface area contributed by atoms with Gasteiger partial charge in [-0.25, -0.2) is 0 Å². The third kappa shape index (κ3) is 5.98. The molecule has 1 aliphatic heterocycles. The molecule has 0 N–H and O–H groups in total. The van der Waals surface area contributed by atoms with Gasteiger partial charge in [0.05, 0.1) is 0 Å². The van der Waals surface area contributed by atoms with E-state index in [-0.39, 0.29) is 12.5 Å². The minimum atomic E-state index is 0.0544. The maximum Gasteiger partial charge on any atom is 0.260 e. The lowest BCUT2D eigenvalue weighted by atomic mass is 10.1. The molecular formula is C22H27ClN2O2. The van der Waals surface area contributed by atoms with Crippen LogP contribution in [0.1, 0.15) is 24.5 Å². The van der Waals surface area contributed by atoms with Crippen molar-refractivity contribution >= 4 is 17.5 Å². The van der Waals surface area contributed by atoms with Gasteiger partial charge in [-0.1, -0.05) is 49.2 Å². The lowest BCUT2D eigenvalue weighted by Gasteiger charge is -2.34. The van der Waals surface area contributed by atoms with Crippen LogP contribution in [0.4, 0.5) is 0 Å². The number of hydrogen-bond acceptors (Lipinski definition) is 3. The number of halogens is 1. The number of nitrogens with zero attached hydrogens (tertiary/aromatic N) is 2. The first kappa shape index (κ1) is 19.7. The monoisotopic (exact) mass is 386 g/mol. The summed E-state index contributed by atoms with van der Waals surface area (Å²) in [4.78, 5) is 16.7. The van der Waals surface area contributed by atoms with Crippen LogP contribution in [0, 0.1) is 0 Å². The zero-order chi connectivity index (χ0) is 19.1. The molecule has 1 fully saturated rings. The molecule has 5 heteroatoms. The standard InChI is InChI=1S/C22H27ClN2O2/c1-2-3-18-6-10-21(11-7-18)27-17-22(26)25-14-12-24(13-15-25)16-19-4-8-20(23)9-5-19/h4-11H,2-3,12-17H2,1H3. The van der Waals surface area contributed by atoms with Gasteiger partial charge in [-0.15, -0.1) is 0 Å². The number of benzene rings is 2. The van der Waals surface area contributed by atoms with Crippen LogP contribution in [0.2, 0.25) is 5.02 Å². The van der Waals surface area contributed by atoms with Crippen LogP contribution in [-0.4, -0.2) is 48.5 Å². The normalized spacial score (nSPS) is 15.0. The highest BCUT2D eigenvalue weighted by Gasteiger charge is 2.21. The molecular weight excluding hydrogens is 360 g/mol. The van der Waals surface area contributed by atoms with Crippen molar-refractivity contribution in [3.8, 4) is 5.75 Å². The van der Waals surface area contributed by atoms with Gasteiger partial charge in [-0.2, -0.15) is 0 Å². The lowest BCUT2D eigenvalue weighted by Crippen LogP contribution is -2.49. The predicted octanol–water partition coefficient (Wildman–Crippen LogP) is 4.02. The summed E-state index contributed by atoms with van der Waals surface area (Å²) in [6, 6.07) is 16.0. The number of rotatable bonds is 7. The highest BCUT2D eigenvalue weighted by molar-refractivity contribution is 6.30. The van der Waals surface area contributed by atoms with Crippen molar-refractivity contribution in [3.63, 3.8) is 0 Å². The third-order valence-corrected chi connectivity index (χ3v) is 5.12. The lowest BCUT2D eigenvalue weighted by molar-refractivity contribution is -0.135. The summed E-state index contributed by atoms with van der Waals surface area (Å²) in [5, 5.41) is 0.758. The van der Waals surface area contributed by atoms with Gasteiger partial charge in [0.25, 0.3) is 5.91 Å². The maximum absolute atomic E-state index is 12.4. The topological polar surface area (TPSA) is 32.8 Å². The second-order valence-corrected chi connectivity index (χ2v) is 7.40. The van der Waals surface area contributed by atoms with Crippen molar-refractivity contribution in [1.29, 1.82) is 0 Å². The smallest absolute Gasteiger partial charge is 0.260 e. The first-order valence-corrected chi connectivity index (χ1v) is 9.98. The Morgan fingerprint density at radius 1 is 0.963 bits per heavy atom. The molecule has 0 saturated carbocycles. The van der Waals surface area contributed by atoms with Crippen LogP contribution in [0.5, 0.6) is 5.75 Å². The summed E-state index contributed by atoms with van der Waals surface area (Å²) in [7, 11) is 0. The van der Waals surface area contributed by atoms with E-state index < -0.39 is 0 Å². The maximum atomic E-state index is 12.4. The number of amides is 1. The molecule has 1 saturated heterocycles. The van der Waals surface area contributed by atoms with Crippen LogP contribution in [0.25, 0.3) is 0 Å². The molecule has 0 aliphatic carbocycles. The van der Waals surface area contributed by atoms with Crippen LogP contribution in [0.15, 0.2) is 48.5 Å². The van der Waals surface area contributed by atoms with Gasteiger partial charge in [0, 0.05) is 37.7 Å². The quantitative estimate of drug-likeness (QED) is 0.720. The zero-order valence-corrected chi connectivity index (χ0v) is 16.6. The molecule has 1 aliphatic rings. The fraction of sp³-hybridized carbons (Fsp3) is 0.409. The second-order valence-electron chi connectivity index (χ2n) is 6.97. The molecule has 0 atom stereocenters. The summed E-state index contributed by atoms with van der Waals surface area (Å²) in [6.07, 6.45) is 2.20. The molecule has 2 aromatic rings. The van der Waals surface area contributed by atoms with Crippen LogP contribution in [-0.2, 0) is 17.8 Å². The summed E-state index contributed by atoms with van der Waals surface area (Å²) < 4.78 is 5.67. The van der Waals surface area contributed by atoms with Crippen molar-refractivity contribution in [2.75, 3.05) is 32.8 Å². The Hall–Kier alpha value is -2.04. The molecule has 0 aromatic heterocycles. The van der Waals surface area contributed by atoms with E-state index >= 15 is 0 Å². The van der Waals surface area contributed by atoms with Gasteiger partial charge in [-0.3, -0.25) is 9.69 Å². The molecule has 1 heterocycles. The van der Waals surface area contributed by atoms with Gasteiger partial charge in [0.2, 0.25) is 0 Å². The average molecular weight is 387 g/mol. The van der Waals surface area contributed by atoms with Crippen LogP contribution >= 0.6 is 11.6 Å². The van der Waals surface area contributed by atoms with E-state index in [4.69, 9.17) is 16.3 Å². The van der Waals surface area contributed by atoms with E-state index in [2.05, 4.69) is 36.1 Å². The largest absolute Gasteiger partial charge is 0.484 e. The van der Waals surface area contributed by atoms with Gasteiger partial charge >= 0.3 is 0 Å². The van der Waals surface area contributed by atoms with Crippen molar-refractivity contribution in [2.24, 2.45) is 0 Å². The van der Waals surface area contributed by atoms with E-state index in [0.717, 1.165) is 56.3 Å². The molecule has 0 bridgehead atoms. The Morgan fingerprint density at radius 3 is 2.22 bits per heavy atom. The van der Waals surface area contributed by atoms with Crippen molar-refractivity contribution < 1.29 is 9.53 Å². The fourth-order valence-corrected chi connectivity index (χ4v) is 3.41. The number of aryl methyl sites for hydroxylation is 1. The molecule has 0 unspecified atom stereocenters. The number of ether oxygens (including phenoxy) is 1. The molecule has 3 rings (SSSR count). The molecule has 2 aromatic carbocycles. The minimum absolute atomic E-state index is 0.0544. The molecule has 0 radical (unpaired) electrons. The van der Waals surface area contributed by atoms with E-state index in [0.29, 0.717) is 0 Å². The molecule has 27 heavy (non-hydrogen) atoms. The highest BCUT2D eigenvalue weighted by Crippen LogP contribution is 2.15. The number of hydrogen-bond donors (Lipinski definition) is 0.